The van der Waals surface area contributed by atoms with E-state index in [2.05, 4.69) is 21.3 Å². The highest BCUT2D eigenvalue weighted by Gasteiger charge is 2.02. The third-order valence-electron chi connectivity index (χ3n) is 1.73. The number of nitrogens with zero attached hydrogens (tertiary/aromatic N) is 3. The molecular weight excluding hydrogens is 152 g/mol. The molecule has 0 saturated heterocycles. The minimum Gasteiger partial charge on any atom is -0.276 e. The van der Waals surface area contributed by atoms with Gasteiger partial charge in [0, 0.05) is 0 Å². The third-order valence-corrected chi connectivity index (χ3v) is 1.73. The molecule has 0 amide bonds. The number of H-pyrrole nitrogens is 1. The summed E-state index contributed by atoms with van der Waals surface area (Å²) in [5.41, 5.74) is 2.93. The Morgan fingerprint density at radius 3 is 3.17 bits per heavy atom. The molecule has 0 fully saturated rings. The monoisotopic (exact) mass is 158 g/mol. The molecule has 0 spiro atoms. The number of hydrogen-bond donors (Lipinski definition) is 1. The lowest BCUT2D eigenvalue weighted by atomic mass is 10.2. The predicted octanol–water partition coefficient (Wildman–Crippen LogP) is 1.14. The van der Waals surface area contributed by atoms with E-state index in [-0.39, 0.29) is 0 Å². The summed E-state index contributed by atoms with van der Waals surface area (Å²) in [7, 11) is 0. The summed E-state index contributed by atoms with van der Waals surface area (Å²) < 4.78 is 0. The Kier molecular flexibility index (Phi) is 1.31. The molecule has 0 saturated carbocycles. The number of rotatable bonds is 0. The van der Waals surface area contributed by atoms with E-state index in [9.17, 15) is 0 Å². The normalized spacial score (nSPS) is 10.0. The SMILES string of the molecule is Cc1nc2cn[nH]c2cc1C#N. The predicted molar refractivity (Wildman–Crippen MR) is 43.3 cm³/mol. The fourth-order valence-electron chi connectivity index (χ4n) is 1.09. The van der Waals surface area contributed by atoms with Crippen LogP contribution < -0.4 is 0 Å². The highest BCUT2D eigenvalue weighted by atomic mass is 15.1. The van der Waals surface area contributed by atoms with Gasteiger partial charge in [0.05, 0.1) is 23.0 Å². The van der Waals surface area contributed by atoms with Gasteiger partial charge in [-0.1, -0.05) is 0 Å². The Morgan fingerprint density at radius 1 is 1.58 bits per heavy atom. The topological polar surface area (TPSA) is 65.4 Å². The summed E-state index contributed by atoms with van der Waals surface area (Å²) in [6.07, 6.45) is 1.64. The summed E-state index contributed by atoms with van der Waals surface area (Å²) in [6, 6.07) is 3.82. The van der Waals surface area contributed by atoms with Crippen LogP contribution in [0, 0.1) is 18.3 Å². The zero-order valence-corrected chi connectivity index (χ0v) is 6.50. The molecule has 4 heteroatoms. The van der Waals surface area contributed by atoms with Crippen LogP contribution in [0.1, 0.15) is 11.3 Å². The minimum absolute atomic E-state index is 0.590. The van der Waals surface area contributed by atoms with E-state index >= 15 is 0 Å². The van der Waals surface area contributed by atoms with Crippen LogP contribution in [0.25, 0.3) is 11.0 Å². The second kappa shape index (κ2) is 2.31. The Balaban J connectivity index is 2.84. The lowest BCUT2D eigenvalue weighted by Gasteiger charge is -1.94. The van der Waals surface area contributed by atoms with Crippen molar-refractivity contribution in [2.75, 3.05) is 0 Å². The molecule has 1 N–H and O–H groups in total. The molecular formula is C8H6N4. The van der Waals surface area contributed by atoms with Crippen LogP contribution in [0.4, 0.5) is 0 Å². The maximum absolute atomic E-state index is 8.69. The molecule has 0 aromatic carbocycles. The number of pyridine rings is 1. The zero-order valence-electron chi connectivity index (χ0n) is 6.50. The van der Waals surface area contributed by atoms with Crippen molar-refractivity contribution in [1.82, 2.24) is 15.2 Å². The van der Waals surface area contributed by atoms with Gasteiger partial charge in [0.15, 0.2) is 0 Å². The van der Waals surface area contributed by atoms with E-state index < -0.39 is 0 Å². The number of aromatic nitrogens is 3. The Morgan fingerprint density at radius 2 is 2.42 bits per heavy atom. The zero-order chi connectivity index (χ0) is 8.55. The van der Waals surface area contributed by atoms with E-state index in [0.29, 0.717) is 5.56 Å². The van der Waals surface area contributed by atoms with Gasteiger partial charge in [-0.2, -0.15) is 10.4 Å². The number of fused-ring (bicyclic) bond motifs is 1. The first kappa shape index (κ1) is 6.80. The van der Waals surface area contributed by atoms with Crippen LogP contribution in [0.15, 0.2) is 12.3 Å². The fraction of sp³-hybridized carbons (Fsp3) is 0.125. The van der Waals surface area contributed by atoms with Gasteiger partial charge in [-0.15, -0.1) is 0 Å². The Hall–Kier alpha value is -1.89. The van der Waals surface area contributed by atoms with Crippen LogP contribution in [0.5, 0.6) is 0 Å². The number of aromatic amines is 1. The van der Waals surface area contributed by atoms with Crippen LogP contribution in [0.2, 0.25) is 0 Å². The van der Waals surface area contributed by atoms with E-state index in [0.717, 1.165) is 16.7 Å². The molecule has 0 aliphatic carbocycles. The van der Waals surface area contributed by atoms with Gasteiger partial charge in [0.25, 0.3) is 0 Å². The summed E-state index contributed by atoms with van der Waals surface area (Å²) >= 11 is 0. The Bertz CT molecular complexity index is 463. The highest BCUT2D eigenvalue weighted by Crippen LogP contribution is 2.12. The maximum atomic E-state index is 8.69. The lowest BCUT2D eigenvalue weighted by Crippen LogP contribution is -1.86. The second-order valence-corrected chi connectivity index (χ2v) is 2.54. The van der Waals surface area contributed by atoms with Crippen LogP contribution >= 0.6 is 0 Å². The van der Waals surface area contributed by atoms with E-state index in [1.165, 1.54) is 0 Å². The first-order chi connectivity index (χ1) is 5.81. The molecule has 12 heavy (non-hydrogen) atoms. The van der Waals surface area contributed by atoms with Crippen LogP contribution in [0.3, 0.4) is 0 Å². The van der Waals surface area contributed by atoms with Gasteiger partial charge < -0.3 is 0 Å². The minimum atomic E-state index is 0.590. The third kappa shape index (κ3) is 0.839. The first-order valence-corrected chi connectivity index (χ1v) is 3.52. The number of hydrogen-bond acceptors (Lipinski definition) is 3. The summed E-state index contributed by atoms with van der Waals surface area (Å²) in [4.78, 5) is 4.19. The molecule has 0 radical (unpaired) electrons. The number of nitrogens with one attached hydrogen (secondary N) is 1. The average Bonchev–Trinajstić information content (AvgIpc) is 2.49. The van der Waals surface area contributed by atoms with Gasteiger partial charge >= 0.3 is 0 Å². The fourth-order valence-corrected chi connectivity index (χ4v) is 1.09. The molecule has 2 rings (SSSR count). The molecule has 0 aliphatic heterocycles. The summed E-state index contributed by atoms with van der Waals surface area (Å²) in [5, 5.41) is 15.3. The van der Waals surface area contributed by atoms with Crippen LogP contribution in [-0.2, 0) is 0 Å². The van der Waals surface area contributed by atoms with Gasteiger partial charge in [0.2, 0.25) is 0 Å². The molecule has 0 atom stereocenters. The van der Waals surface area contributed by atoms with Gasteiger partial charge in [-0.05, 0) is 13.0 Å². The van der Waals surface area contributed by atoms with Crippen molar-refractivity contribution in [3.8, 4) is 6.07 Å². The van der Waals surface area contributed by atoms with Crippen molar-refractivity contribution in [1.29, 1.82) is 5.26 Å². The van der Waals surface area contributed by atoms with Crippen LogP contribution in [-0.4, -0.2) is 15.2 Å². The van der Waals surface area contributed by atoms with Gasteiger partial charge in [-0.3, -0.25) is 5.10 Å². The van der Waals surface area contributed by atoms with Gasteiger partial charge in [0.1, 0.15) is 11.6 Å². The van der Waals surface area contributed by atoms with E-state index in [1.54, 1.807) is 12.3 Å². The molecule has 2 aromatic rings. The number of aryl methyl sites for hydroxylation is 1. The largest absolute Gasteiger partial charge is 0.276 e. The standard InChI is InChI=1S/C8H6N4/c1-5-6(3-9)2-7-8(11-5)4-10-12-7/h2,4H,1H3,(H,10,12). The van der Waals surface area contributed by atoms with Crippen molar-refractivity contribution in [3.05, 3.63) is 23.5 Å². The molecule has 58 valence electrons. The average molecular weight is 158 g/mol. The van der Waals surface area contributed by atoms with Crippen molar-refractivity contribution < 1.29 is 0 Å². The molecule has 0 bridgehead atoms. The van der Waals surface area contributed by atoms with Crippen molar-refractivity contribution in [2.45, 2.75) is 6.92 Å². The molecule has 2 heterocycles. The van der Waals surface area contributed by atoms with E-state index in [1.807, 2.05) is 6.92 Å². The number of nitriles is 1. The summed E-state index contributed by atoms with van der Waals surface area (Å²) in [6.45, 7) is 1.81. The van der Waals surface area contributed by atoms with E-state index in [4.69, 9.17) is 5.26 Å². The second-order valence-electron chi connectivity index (χ2n) is 2.54. The maximum Gasteiger partial charge on any atom is 0.108 e. The van der Waals surface area contributed by atoms with Crippen molar-refractivity contribution >= 4 is 11.0 Å². The lowest BCUT2D eigenvalue weighted by molar-refractivity contribution is 1.12. The van der Waals surface area contributed by atoms with Crippen molar-refractivity contribution in [3.63, 3.8) is 0 Å². The van der Waals surface area contributed by atoms with Crippen molar-refractivity contribution in [2.24, 2.45) is 0 Å². The molecule has 2 aromatic heterocycles. The molecule has 0 aliphatic rings. The highest BCUT2D eigenvalue weighted by molar-refractivity contribution is 5.75. The summed E-state index contributed by atoms with van der Waals surface area (Å²) in [5.74, 6) is 0. The molecule has 0 unspecified atom stereocenters. The molecule has 4 nitrogen and oxygen atoms in total. The quantitative estimate of drug-likeness (QED) is 0.625. The first-order valence-electron chi connectivity index (χ1n) is 3.52. The van der Waals surface area contributed by atoms with Gasteiger partial charge in [-0.25, -0.2) is 4.98 Å². The Labute approximate surface area is 68.9 Å². The smallest absolute Gasteiger partial charge is 0.108 e.